The molecule has 0 unspecified atom stereocenters. The van der Waals surface area contributed by atoms with Gasteiger partial charge in [0.15, 0.2) is 0 Å². The highest BCUT2D eigenvalue weighted by molar-refractivity contribution is 7.89. The predicted octanol–water partition coefficient (Wildman–Crippen LogP) is -1.17. The largest absolute Gasteiger partial charge is 0.330 e. The number of imide groups is 1. The average molecular weight is 297 g/mol. The summed E-state index contributed by atoms with van der Waals surface area (Å²) in [6.45, 7) is -0.218. The summed E-state index contributed by atoms with van der Waals surface area (Å²) in [6, 6.07) is 6.26. The molecule has 1 aliphatic heterocycles. The number of nitrogens with one attached hydrogen (secondary N) is 1. The summed E-state index contributed by atoms with van der Waals surface area (Å²) >= 11 is 0. The van der Waals surface area contributed by atoms with Crippen molar-refractivity contribution < 1.29 is 18.0 Å². The van der Waals surface area contributed by atoms with E-state index in [4.69, 9.17) is 5.73 Å². The zero-order chi connectivity index (χ0) is 14.8. The zero-order valence-electron chi connectivity index (χ0n) is 10.7. The average Bonchev–Trinajstić information content (AvgIpc) is 2.38. The van der Waals surface area contributed by atoms with Gasteiger partial charge >= 0.3 is 0 Å². The molecule has 0 spiro atoms. The van der Waals surface area contributed by atoms with Crippen LogP contribution in [0.15, 0.2) is 29.2 Å². The van der Waals surface area contributed by atoms with Gasteiger partial charge in [-0.3, -0.25) is 14.9 Å². The first kappa shape index (κ1) is 14.6. The molecule has 0 radical (unpaired) electrons. The molecule has 3 N–H and O–H groups in total. The molecule has 0 atom stereocenters. The van der Waals surface area contributed by atoms with Gasteiger partial charge in [0.05, 0.1) is 18.0 Å². The third-order valence-corrected chi connectivity index (χ3v) is 4.72. The molecule has 1 aromatic rings. The van der Waals surface area contributed by atoms with Gasteiger partial charge in [-0.15, -0.1) is 0 Å². The van der Waals surface area contributed by atoms with Crippen molar-refractivity contribution in [2.24, 2.45) is 5.73 Å². The number of piperazine rings is 1. The summed E-state index contributed by atoms with van der Waals surface area (Å²) in [7, 11) is -3.84. The fraction of sp³-hybridized carbons (Fsp3) is 0.333. The van der Waals surface area contributed by atoms with Gasteiger partial charge < -0.3 is 5.73 Å². The summed E-state index contributed by atoms with van der Waals surface area (Å²) in [6.07, 6.45) is 0.658. The van der Waals surface area contributed by atoms with E-state index >= 15 is 0 Å². The SMILES string of the molecule is NCCc1ccc(S(=O)(=O)N2CC(=O)NC(=O)C2)cc1. The van der Waals surface area contributed by atoms with Gasteiger partial charge in [0.1, 0.15) is 0 Å². The normalized spacial score (nSPS) is 17.1. The lowest BCUT2D eigenvalue weighted by molar-refractivity contribution is -0.134. The van der Waals surface area contributed by atoms with Crippen LogP contribution in [0.4, 0.5) is 0 Å². The van der Waals surface area contributed by atoms with Crippen molar-refractivity contribution >= 4 is 21.8 Å². The first-order valence-corrected chi connectivity index (χ1v) is 7.49. The van der Waals surface area contributed by atoms with Gasteiger partial charge in [-0.2, -0.15) is 4.31 Å². The lowest BCUT2D eigenvalue weighted by Crippen LogP contribution is -2.53. The fourth-order valence-corrected chi connectivity index (χ4v) is 3.28. The number of hydrogen-bond acceptors (Lipinski definition) is 5. The second-order valence-electron chi connectivity index (χ2n) is 4.43. The van der Waals surface area contributed by atoms with E-state index in [-0.39, 0.29) is 18.0 Å². The maximum atomic E-state index is 12.3. The van der Waals surface area contributed by atoms with Crippen LogP contribution in [0.5, 0.6) is 0 Å². The van der Waals surface area contributed by atoms with Crippen molar-refractivity contribution in [1.82, 2.24) is 9.62 Å². The van der Waals surface area contributed by atoms with Crippen molar-refractivity contribution in [3.05, 3.63) is 29.8 Å². The van der Waals surface area contributed by atoms with E-state index in [1.165, 1.54) is 12.1 Å². The third-order valence-electron chi connectivity index (χ3n) is 2.91. The standard InChI is InChI=1S/C12H15N3O4S/c13-6-5-9-1-3-10(4-2-9)20(18,19)15-7-11(16)14-12(17)8-15/h1-4H,5-8,13H2,(H,14,16,17). The molecular weight excluding hydrogens is 282 g/mol. The molecule has 1 aromatic carbocycles. The quantitative estimate of drug-likeness (QED) is 0.681. The molecule has 0 aromatic heterocycles. The second-order valence-corrected chi connectivity index (χ2v) is 6.37. The highest BCUT2D eigenvalue weighted by atomic mass is 32.2. The minimum atomic E-state index is -3.84. The smallest absolute Gasteiger partial charge is 0.244 e. The number of nitrogens with zero attached hydrogens (tertiary/aromatic N) is 1. The monoisotopic (exact) mass is 297 g/mol. The Morgan fingerprint density at radius 1 is 1.10 bits per heavy atom. The van der Waals surface area contributed by atoms with E-state index < -0.39 is 21.8 Å². The number of sulfonamides is 1. The fourth-order valence-electron chi connectivity index (χ4n) is 1.92. The Bertz CT molecular complexity index is 609. The highest BCUT2D eigenvalue weighted by Gasteiger charge is 2.32. The van der Waals surface area contributed by atoms with Crippen molar-refractivity contribution in [3.63, 3.8) is 0 Å². The molecule has 1 heterocycles. The number of rotatable bonds is 4. The molecule has 8 heteroatoms. The topological polar surface area (TPSA) is 110 Å². The van der Waals surface area contributed by atoms with Crippen molar-refractivity contribution in [2.45, 2.75) is 11.3 Å². The molecule has 20 heavy (non-hydrogen) atoms. The van der Waals surface area contributed by atoms with Gasteiger partial charge in [-0.25, -0.2) is 8.42 Å². The molecule has 0 bridgehead atoms. The summed E-state index contributed by atoms with van der Waals surface area (Å²) in [4.78, 5) is 22.6. The number of hydrogen-bond donors (Lipinski definition) is 2. The van der Waals surface area contributed by atoms with Crippen LogP contribution in [0.1, 0.15) is 5.56 Å². The number of amides is 2. The van der Waals surface area contributed by atoms with E-state index in [0.717, 1.165) is 9.87 Å². The van der Waals surface area contributed by atoms with E-state index in [1.54, 1.807) is 12.1 Å². The summed E-state index contributed by atoms with van der Waals surface area (Å²) < 4.78 is 25.5. The lowest BCUT2D eigenvalue weighted by atomic mass is 10.2. The van der Waals surface area contributed by atoms with Crippen LogP contribution < -0.4 is 11.1 Å². The molecular formula is C12H15N3O4S. The van der Waals surface area contributed by atoms with Crippen molar-refractivity contribution in [3.8, 4) is 0 Å². The summed E-state index contributed by atoms with van der Waals surface area (Å²) in [5.74, 6) is -1.24. The third kappa shape index (κ3) is 3.03. The van der Waals surface area contributed by atoms with Gasteiger partial charge in [-0.05, 0) is 30.7 Å². The van der Waals surface area contributed by atoms with Gasteiger partial charge in [-0.1, -0.05) is 12.1 Å². The summed E-state index contributed by atoms with van der Waals surface area (Å²) in [5, 5.41) is 2.06. The van der Waals surface area contributed by atoms with Gasteiger partial charge in [0.2, 0.25) is 21.8 Å². The summed E-state index contributed by atoms with van der Waals surface area (Å²) in [5.41, 5.74) is 6.35. The Labute approximate surface area is 116 Å². The Hall–Kier alpha value is -1.77. The maximum absolute atomic E-state index is 12.3. The Morgan fingerprint density at radius 3 is 2.15 bits per heavy atom. The van der Waals surface area contributed by atoms with Gasteiger partial charge in [0.25, 0.3) is 0 Å². The van der Waals surface area contributed by atoms with E-state index in [0.29, 0.717) is 13.0 Å². The Balaban J connectivity index is 2.25. The predicted molar refractivity (Wildman–Crippen MR) is 71.1 cm³/mol. The molecule has 1 saturated heterocycles. The minimum absolute atomic E-state index is 0.0563. The molecule has 2 amide bonds. The minimum Gasteiger partial charge on any atom is -0.330 e. The molecule has 1 aliphatic rings. The van der Waals surface area contributed by atoms with E-state index in [9.17, 15) is 18.0 Å². The van der Waals surface area contributed by atoms with Crippen LogP contribution in [-0.2, 0) is 26.0 Å². The van der Waals surface area contributed by atoms with Crippen molar-refractivity contribution in [2.75, 3.05) is 19.6 Å². The van der Waals surface area contributed by atoms with E-state index in [2.05, 4.69) is 5.32 Å². The van der Waals surface area contributed by atoms with Crippen LogP contribution in [0.2, 0.25) is 0 Å². The van der Waals surface area contributed by atoms with Crippen molar-refractivity contribution in [1.29, 1.82) is 0 Å². The Kier molecular flexibility index (Phi) is 4.17. The molecule has 2 rings (SSSR count). The second kappa shape index (κ2) is 5.70. The van der Waals surface area contributed by atoms with Crippen LogP contribution in [0, 0.1) is 0 Å². The van der Waals surface area contributed by atoms with Crippen LogP contribution in [0.25, 0.3) is 0 Å². The van der Waals surface area contributed by atoms with Crippen LogP contribution in [0.3, 0.4) is 0 Å². The number of benzene rings is 1. The molecule has 1 fully saturated rings. The van der Waals surface area contributed by atoms with Crippen LogP contribution in [-0.4, -0.2) is 44.2 Å². The maximum Gasteiger partial charge on any atom is 0.244 e. The molecule has 0 saturated carbocycles. The van der Waals surface area contributed by atoms with Gasteiger partial charge in [0, 0.05) is 0 Å². The number of carbonyl (C=O) groups excluding carboxylic acids is 2. The first-order valence-electron chi connectivity index (χ1n) is 6.05. The van der Waals surface area contributed by atoms with Crippen LogP contribution >= 0.6 is 0 Å². The number of nitrogens with two attached hydrogens (primary N) is 1. The number of carbonyl (C=O) groups is 2. The molecule has 7 nitrogen and oxygen atoms in total. The molecule has 0 aliphatic carbocycles. The first-order chi connectivity index (χ1) is 9.43. The molecule has 108 valence electrons. The zero-order valence-corrected chi connectivity index (χ0v) is 11.5. The highest BCUT2D eigenvalue weighted by Crippen LogP contribution is 2.17. The Morgan fingerprint density at radius 2 is 1.65 bits per heavy atom. The van der Waals surface area contributed by atoms with E-state index in [1.807, 2.05) is 0 Å². The lowest BCUT2D eigenvalue weighted by Gasteiger charge is -2.24.